The highest BCUT2D eigenvalue weighted by atomic mass is 16.5. The summed E-state index contributed by atoms with van der Waals surface area (Å²) >= 11 is 0. The molecule has 3 rings (SSSR count). The Morgan fingerprint density at radius 3 is 2.76 bits per heavy atom. The molecule has 5 nitrogen and oxygen atoms in total. The third kappa shape index (κ3) is 3.09. The Kier molecular flexibility index (Phi) is 4.22. The standard InChI is InChI=1S/C16H22N4O/c1-12-14(11-20-9-7-17-8-10-20)19-16(18-12)13-5-3-4-6-15(13)21-2/h3-6,17H,7-11H2,1-2H3,(H,18,19). The molecular weight excluding hydrogens is 264 g/mol. The van der Waals surface area contributed by atoms with Crippen LogP contribution >= 0.6 is 0 Å². The fourth-order valence-electron chi connectivity index (χ4n) is 2.70. The Morgan fingerprint density at radius 1 is 1.24 bits per heavy atom. The molecule has 0 amide bonds. The summed E-state index contributed by atoms with van der Waals surface area (Å²) in [5.41, 5.74) is 3.27. The minimum absolute atomic E-state index is 0.847. The lowest BCUT2D eigenvalue weighted by molar-refractivity contribution is 0.230. The molecular formula is C16H22N4O. The molecule has 1 aliphatic heterocycles. The topological polar surface area (TPSA) is 53.2 Å². The van der Waals surface area contributed by atoms with E-state index in [1.54, 1.807) is 7.11 Å². The third-order valence-corrected chi connectivity index (χ3v) is 3.93. The van der Waals surface area contributed by atoms with Crippen molar-refractivity contribution in [2.24, 2.45) is 0 Å². The first-order valence-corrected chi connectivity index (χ1v) is 7.40. The Labute approximate surface area is 125 Å². The summed E-state index contributed by atoms with van der Waals surface area (Å²) in [5, 5.41) is 3.37. The number of nitrogens with zero attached hydrogens (tertiary/aromatic N) is 2. The number of hydrogen-bond donors (Lipinski definition) is 2. The molecule has 0 saturated carbocycles. The molecule has 1 aromatic carbocycles. The van der Waals surface area contributed by atoms with E-state index in [1.165, 1.54) is 0 Å². The predicted molar refractivity (Wildman–Crippen MR) is 83.5 cm³/mol. The Bertz CT molecular complexity index is 602. The van der Waals surface area contributed by atoms with Crippen molar-refractivity contribution < 1.29 is 4.74 Å². The number of aryl methyl sites for hydroxylation is 1. The van der Waals surface area contributed by atoms with Crippen molar-refractivity contribution in [1.29, 1.82) is 0 Å². The van der Waals surface area contributed by atoms with Gasteiger partial charge in [-0.1, -0.05) is 12.1 Å². The van der Waals surface area contributed by atoms with E-state index in [2.05, 4.69) is 22.1 Å². The summed E-state index contributed by atoms with van der Waals surface area (Å²) in [4.78, 5) is 10.6. The van der Waals surface area contributed by atoms with Crippen molar-refractivity contribution in [3.05, 3.63) is 35.7 Å². The van der Waals surface area contributed by atoms with E-state index in [0.717, 1.165) is 61.2 Å². The van der Waals surface area contributed by atoms with Crippen molar-refractivity contribution in [3.8, 4) is 17.1 Å². The maximum atomic E-state index is 5.42. The predicted octanol–water partition coefficient (Wildman–Crippen LogP) is 1.80. The zero-order valence-electron chi connectivity index (χ0n) is 12.6. The van der Waals surface area contributed by atoms with E-state index < -0.39 is 0 Å². The second kappa shape index (κ2) is 6.28. The number of ether oxygens (including phenoxy) is 1. The first-order valence-electron chi connectivity index (χ1n) is 7.40. The largest absolute Gasteiger partial charge is 0.496 e. The molecule has 2 aromatic rings. The molecule has 2 heterocycles. The number of piperazine rings is 1. The summed E-state index contributed by atoms with van der Waals surface area (Å²) in [6.07, 6.45) is 0. The van der Waals surface area contributed by atoms with Gasteiger partial charge in [-0.05, 0) is 19.1 Å². The van der Waals surface area contributed by atoms with Crippen molar-refractivity contribution in [3.63, 3.8) is 0 Å². The lowest BCUT2D eigenvalue weighted by Crippen LogP contribution is -2.43. The van der Waals surface area contributed by atoms with Gasteiger partial charge in [0, 0.05) is 38.4 Å². The normalized spacial score (nSPS) is 16.1. The van der Waals surface area contributed by atoms with Gasteiger partial charge in [-0.3, -0.25) is 4.90 Å². The number of benzene rings is 1. The van der Waals surface area contributed by atoms with Crippen LogP contribution in [0.2, 0.25) is 0 Å². The maximum absolute atomic E-state index is 5.42. The van der Waals surface area contributed by atoms with E-state index >= 15 is 0 Å². The van der Waals surface area contributed by atoms with Gasteiger partial charge in [0.05, 0.1) is 18.4 Å². The van der Waals surface area contributed by atoms with E-state index in [1.807, 2.05) is 24.3 Å². The van der Waals surface area contributed by atoms with Crippen LogP contribution < -0.4 is 10.1 Å². The van der Waals surface area contributed by atoms with Gasteiger partial charge in [-0.15, -0.1) is 0 Å². The smallest absolute Gasteiger partial charge is 0.141 e. The van der Waals surface area contributed by atoms with Crippen LogP contribution in [0.15, 0.2) is 24.3 Å². The fourth-order valence-corrected chi connectivity index (χ4v) is 2.70. The van der Waals surface area contributed by atoms with E-state index in [-0.39, 0.29) is 0 Å². The van der Waals surface area contributed by atoms with Crippen molar-refractivity contribution >= 4 is 0 Å². The van der Waals surface area contributed by atoms with E-state index in [9.17, 15) is 0 Å². The van der Waals surface area contributed by atoms with Gasteiger partial charge < -0.3 is 15.0 Å². The zero-order valence-corrected chi connectivity index (χ0v) is 12.6. The van der Waals surface area contributed by atoms with Crippen LogP contribution in [0.4, 0.5) is 0 Å². The minimum Gasteiger partial charge on any atom is -0.496 e. The summed E-state index contributed by atoms with van der Waals surface area (Å²) in [7, 11) is 1.69. The number of rotatable bonds is 4. The van der Waals surface area contributed by atoms with Crippen LogP contribution in [0, 0.1) is 6.92 Å². The summed E-state index contributed by atoms with van der Waals surface area (Å²) < 4.78 is 5.42. The van der Waals surface area contributed by atoms with Gasteiger partial charge >= 0.3 is 0 Å². The highest BCUT2D eigenvalue weighted by Gasteiger charge is 2.16. The highest BCUT2D eigenvalue weighted by Crippen LogP contribution is 2.28. The maximum Gasteiger partial charge on any atom is 0.141 e. The van der Waals surface area contributed by atoms with Crippen molar-refractivity contribution in [1.82, 2.24) is 20.2 Å². The number of nitrogens with one attached hydrogen (secondary N) is 2. The summed E-state index contributed by atoms with van der Waals surface area (Å²) in [5.74, 6) is 1.73. The Morgan fingerprint density at radius 2 is 2.00 bits per heavy atom. The second-order valence-corrected chi connectivity index (χ2v) is 5.38. The van der Waals surface area contributed by atoms with Crippen LogP contribution in [0.1, 0.15) is 11.4 Å². The van der Waals surface area contributed by atoms with E-state index in [0.29, 0.717) is 0 Å². The van der Waals surface area contributed by atoms with Gasteiger partial charge in [0.25, 0.3) is 0 Å². The molecule has 1 aromatic heterocycles. The first-order chi connectivity index (χ1) is 10.3. The van der Waals surface area contributed by atoms with Crippen molar-refractivity contribution in [2.75, 3.05) is 33.3 Å². The molecule has 112 valence electrons. The quantitative estimate of drug-likeness (QED) is 0.900. The molecule has 0 radical (unpaired) electrons. The number of hydrogen-bond acceptors (Lipinski definition) is 4. The number of imidazole rings is 1. The van der Waals surface area contributed by atoms with Crippen LogP contribution in [-0.2, 0) is 6.54 Å². The number of aromatic nitrogens is 2. The van der Waals surface area contributed by atoms with Gasteiger partial charge in [0.15, 0.2) is 0 Å². The van der Waals surface area contributed by atoms with Crippen LogP contribution in [-0.4, -0.2) is 48.2 Å². The third-order valence-electron chi connectivity index (χ3n) is 3.93. The van der Waals surface area contributed by atoms with Gasteiger partial charge in [0.1, 0.15) is 11.6 Å². The number of methoxy groups -OCH3 is 1. The number of H-pyrrole nitrogens is 1. The zero-order chi connectivity index (χ0) is 14.7. The first kappa shape index (κ1) is 14.1. The Balaban J connectivity index is 1.83. The lowest BCUT2D eigenvalue weighted by atomic mass is 10.2. The van der Waals surface area contributed by atoms with E-state index in [4.69, 9.17) is 9.72 Å². The average Bonchev–Trinajstić information content (AvgIpc) is 2.89. The molecule has 0 aliphatic carbocycles. The van der Waals surface area contributed by atoms with Crippen LogP contribution in [0.3, 0.4) is 0 Å². The molecule has 1 aliphatic rings. The summed E-state index contributed by atoms with van der Waals surface area (Å²) in [6.45, 7) is 7.26. The number of aromatic amines is 1. The lowest BCUT2D eigenvalue weighted by Gasteiger charge is -2.26. The van der Waals surface area contributed by atoms with Crippen molar-refractivity contribution in [2.45, 2.75) is 13.5 Å². The molecule has 0 atom stereocenters. The molecule has 0 bridgehead atoms. The molecule has 1 saturated heterocycles. The molecule has 5 heteroatoms. The second-order valence-electron chi connectivity index (χ2n) is 5.38. The molecule has 0 spiro atoms. The molecule has 0 unspecified atom stereocenters. The highest BCUT2D eigenvalue weighted by molar-refractivity contribution is 5.64. The Hall–Kier alpha value is -1.85. The number of para-hydroxylation sites is 1. The molecule has 2 N–H and O–H groups in total. The van der Waals surface area contributed by atoms with Gasteiger partial charge in [-0.25, -0.2) is 4.98 Å². The summed E-state index contributed by atoms with van der Waals surface area (Å²) in [6, 6.07) is 7.97. The van der Waals surface area contributed by atoms with Gasteiger partial charge in [-0.2, -0.15) is 0 Å². The fraction of sp³-hybridized carbons (Fsp3) is 0.438. The van der Waals surface area contributed by atoms with Crippen LogP contribution in [0.5, 0.6) is 5.75 Å². The molecule has 1 fully saturated rings. The molecule has 21 heavy (non-hydrogen) atoms. The minimum atomic E-state index is 0.847. The average molecular weight is 286 g/mol. The SMILES string of the molecule is COc1ccccc1-c1nc(CN2CCNCC2)c(C)[nH]1. The monoisotopic (exact) mass is 286 g/mol. The van der Waals surface area contributed by atoms with Gasteiger partial charge in [0.2, 0.25) is 0 Å². The van der Waals surface area contributed by atoms with Crippen LogP contribution in [0.25, 0.3) is 11.4 Å².